The first kappa shape index (κ1) is 14.5. The van der Waals surface area contributed by atoms with Crippen LogP contribution in [-0.4, -0.2) is 38.2 Å². The minimum Gasteiger partial charge on any atom is -0.262 e. The Balaban J connectivity index is 3.11. The zero-order valence-electron chi connectivity index (χ0n) is 11.1. The summed E-state index contributed by atoms with van der Waals surface area (Å²) in [5.74, 6) is 3.78. The van der Waals surface area contributed by atoms with Gasteiger partial charge in [-0.15, -0.1) is 11.8 Å². The van der Waals surface area contributed by atoms with Gasteiger partial charge in [0.05, 0.1) is 14.6 Å². The number of aromatic nitrogens is 1. The molecule has 0 aliphatic rings. The van der Waals surface area contributed by atoms with E-state index in [2.05, 4.69) is 31.6 Å². The Morgan fingerprint density at radius 1 is 1.35 bits per heavy atom. The van der Waals surface area contributed by atoms with E-state index in [9.17, 15) is 4.21 Å². The van der Waals surface area contributed by atoms with E-state index in [1.807, 2.05) is 6.07 Å². The van der Waals surface area contributed by atoms with Crippen LogP contribution in [0.1, 0.15) is 20.8 Å². The van der Waals surface area contributed by atoms with E-state index in [0.29, 0.717) is 4.90 Å². The van der Waals surface area contributed by atoms with Crippen LogP contribution in [0.5, 0.6) is 0 Å². The van der Waals surface area contributed by atoms with Crippen molar-refractivity contribution in [3.8, 4) is 0 Å². The molecule has 17 heavy (non-hydrogen) atoms. The highest BCUT2D eigenvalue weighted by atomic mass is 32.2. The van der Waals surface area contributed by atoms with Crippen LogP contribution >= 0.6 is 11.8 Å². The normalized spacial score (nSPS) is 15.9. The maximum atomic E-state index is 12.4. The number of hydrogen-bond acceptors (Lipinski definition) is 3. The van der Waals surface area contributed by atoms with Gasteiger partial charge in [-0.25, -0.2) is 8.51 Å². The molecule has 0 saturated carbocycles. The summed E-state index contributed by atoms with van der Waals surface area (Å²) in [5.41, 5.74) is 0. The molecule has 0 fully saturated rings. The molecule has 1 unspecified atom stereocenters. The third kappa shape index (κ3) is 4.01. The molecule has 1 atom stereocenters. The molecule has 0 amide bonds. The van der Waals surface area contributed by atoms with Crippen molar-refractivity contribution in [3.63, 3.8) is 0 Å². The van der Waals surface area contributed by atoms with Crippen LogP contribution < -0.4 is 0 Å². The molecule has 0 bridgehead atoms. The Morgan fingerprint density at radius 2 is 1.94 bits per heavy atom. The topological polar surface area (TPSA) is 33.2 Å². The molecule has 1 aromatic heterocycles. The fourth-order valence-corrected chi connectivity index (χ4v) is 3.23. The predicted molar refractivity (Wildman–Crippen MR) is 77.1 cm³/mol. The molecule has 0 aliphatic heterocycles. The van der Waals surface area contributed by atoms with Gasteiger partial charge in [-0.05, 0) is 26.0 Å². The van der Waals surface area contributed by atoms with Crippen LogP contribution in [0, 0.1) is 0 Å². The molecule has 1 heterocycles. The van der Waals surface area contributed by atoms with Crippen LogP contribution in [0.2, 0.25) is 0 Å². The molecule has 0 aromatic carbocycles. The van der Waals surface area contributed by atoms with Gasteiger partial charge in [0, 0.05) is 22.0 Å². The van der Waals surface area contributed by atoms with Crippen molar-refractivity contribution in [1.82, 2.24) is 9.29 Å². The van der Waals surface area contributed by atoms with E-state index in [-0.39, 0.29) is 4.75 Å². The van der Waals surface area contributed by atoms with Gasteiger partial charge in [0.1, 0.15) is 0 Å². The molecule has 0 spiro atoms. The van der Waals surface area contributed by atoms with Crippen molar-refractivity contribution >= 4 is 27.3 Å². The third-order valence-corrected chi connectivity index (χ3v) is 5.28. The van der Waals surface area contributed by atoms with Gasteiger partial charge in [0.25, 0.3) is 0 Å². The van der Waals surface area contributed by atoms with Crippen LogP contribution in [0.25, 0.3) is 0 Å². The molecule has 0 radical (unpaired) electrons. The molecule has 0 N–H and O–H groups in total. The predicted octanol–water partition coefficient (Wildman–Crippen LogP) is 2.52. The van der Waals surface area contributed by atoms with Crippen molar-refractivity contribution in [2.45, 2.75) is 35.3 Å². The van der Waals surface area contributed by atoms with Gasteiger partial charge in [-0.1, -0.05) is 20.8 Å². The zero-order chi connectivity index (χ0) is 13.3. The van der Waals surface area contributed by atoms with E-state index in [0.717, 1.165) is 4.90 Å². The van der Waals surface area contributed by atoms with Gasteiger partial charge < -0.3 is 0 Å². The molecule has 0 aliphatic carbocycles. The highest BCUT2D eigenvalue weighted by molar-refractivity contribution is 8.00. The lowest BCUT2D eigenvalue weighted by molar-refractivity contribution is 0.598. The van der Waals surface area contributed by atoms with Crippen molar-refractivity contribution in [2.75, 3.05) is 14.1 Å². The summed E-state index contributed by atoms with van der Waals surface area (Å²) >= 11 is 1.71. The lowest BCUT2D eigenvalue weighted by Crippen LogP contribution is -2.22. The molecule has 0 saturated heterocycles. The summed E-state index contributed by atoms with van der Waals surface area (Å²) in [4.78, 5) is 5.85. The Kier molecular flexibility index (Phi) is 4.28. The molecular formula is C12H20N2OS2. The lowest BCUT2D eigenvalue weighted by Gasteiger charge is -2.20. The Bertz CT molecular complexity index is 487. The van der Waals surface area contributed by atoms with Crippen molar-refractivity contribution in [3.05, 3.63) is 18.5 Å². The molecule has 3 nitrogen and oxygen atoms in total. The summed E-state index contributed by atoms with van der Waals surface area (Å²) in [7, 11) is 1.13. The first-order valence-corrected chi connectivity index (χ1v) is 7.82. The number of thioether (sulfide) groups is 1. The highest BCUT2D eigenvalue weighted by Crippen LogP contribution is 2.32. The van der Waals surface area contributed by atoms with E-state index >= 15 is 0 Å². The number of hydrogen-bond donors (Lipinski definition) is 0. The van der Waals surface area contributed by atoms with Crippen LogP contribution in [-0.2, 0) is 9.71 Å². The standard InChI is InChI=1S/C12H20N2OS2/c1-12(2,3)16-10-7-11(9-13-8-10)17(6,15)14(4)5/h7-9H,6H2,1-5H3. The molecule has 96 valence electrons. The number of rotatable bonds is 3. The summed E-state index contributed by atoms with van der Waals surface area (Å²) < 4.78 is 14.1. The largest absolute Gasteiger partial charge is 0.262 e. The van der Waals surface area contributed by atoms with E-state index in [1.165, 1.54) is 0 Å². The molecular weight excluding hydrogens is 252 g/mol. The smallest absolute Gasteiger partial charge is 0.0641 e. The van der Waals surface area contributed by atoms with Crippen molar-refractivity contribution < 1.29 is 4.21 Å². The van der Waals surface area contributed by atoms with Gasteiger partial charge >= 0.3 is 0 Å². The second-order valence-electron chi connectivity index (χ2n) is 5.02. The van der Waals surface area contributed by atoms with E-state index < -0.39 is 9.71 Å². The van der Waals surface area contributed by atoms with Gasteiger partial charge in [-0.2, -0.15) is 0 Å². The van der Waals surface area contributed by atoms with Crippen LogP contribution in [0.3, 0.4) is 0 Å². The fourth-order valence-electron chi connectivity index (χ4n) is 1.19. The Hall–Kier alpha value is -0.520. The van der Waals surface area contributed by atoms with Gasteiger partial charge in [0.15, 0.2) is 0 Å². The zero-order valence-corrected chi connectivity index (χ0v) is 12.7. The lowest BCUT2D eigenvalue weighted by atomic mass is 10.3. The summed E-state index contributed by atoms with van der Waals surface area (Å²) in [6.07, 6.45) is 3.42. The monoisotopic (exact) mass is 272 g/mol. The molecule has 1 rings (SSSR count). The fraction of sp³-hybridized carbons (Fsp3) is 0.500. The van der Waals surface area contributed by atoms with Crippen LogP contribution in [0.15, 0.2) is 28.3 Å². The van der Waals surface area contributed by atoms with E-state index in [4.69, 9.17) is 0 Å². The average molecular weight is 272 g/mol. The first-order valence-electron chi connectivity index (χ1n) is 5.32. The Labute approximate surface area is 109 Å². The molecule has 1 aromatic rings. The minimum absolute atomic E-state index is 0.112. The van der Waals surface area contributed by atoms with E-state index in [1.54, 1.807) is 42.6 Å². The SMILES string of the molecule is C=S(=O)(c1cncc(SC(C)(C)C)c1)N(C)C. The van der Waals surface area contributed by atoms with Crippen LogP contribution in [0.4, 0.5) is 0 Å². The first-order chi connectivity index (χ1) is 7.63. The Morgan fingerprint density at radius 3 is 2.41 bits per heavy atom. The summed E-state index contributed by atoms with van der Waals surface area (Å²) in [6, 6.07) is 1.91. The van der Waals surface area contributed by atoms with Gasteiger partial charge in [0.2, 0.25) is 0 Å². The third-order valence-electron chi connectivity index (χ3n) is 2.07. The van der Waals surface area contributed by atoms with Gasteiger partial charge in [-0.3, -0.25) is 4.98 Å². The maximum Gasteiger partial charge on any atom is 0.0641 e. The maximum absolute atomic E-state index is 12.4. The molecule has 5 heteroatoms. The summed E-state index contributed by atoms with van der Waals surface area (Å²) in [6.45, 7) is 6.41. The second kappa shape index (κ2) is 5.00. The highest BCUT2D eigenvalue weighted by Gasteiger charge is 2.15. The average Bonchev–Trinajstić information content (AvgIpc) is 2.15. The van der Waals surface area contributed by atoms with Crippen molar-refractivity contribution in [1.29, 1.82) is 0 Å². The van der Waals surface area contributed by atoms with Crippen molar-refractivity contribution in [2.24, 2.45) is 0 Å². The number of pyridine rings is 1. The summed E-state index contributed by atoms with van der Waals surface area (Å²) in [5, 5.41) is 0. The number of nitrogens with zero attached hydrogens (tertiary/aromatic N) is 2. The quantitative estimate of drug-likeness (QED) is 0.626. The second-order valence-corrected chi connectivity index (χ2v) is 9.41. The minimum atomic E-state index is -2.40.